The number of methoxy groups -OCH3 is 1. The lowest BCUT2D eigenvalue weighted by atomic mass is 10.2. The predicted octanol–water partition coefficient (Wildman–Crippen LogP) is 3.00. The molecule has 3 nitrogen and oxygen atoms in total. The molecule has 16 heavy (non-hydrogen) atoms. The number of carbonyl (C=O) groups is 1. The van der Waals surface area contributed by atoms with Crippen molar-refractivity contribution in [1.29, 1.82) is 0 Å². The van der Waals surface area contributed by atoms with Gasteiger partial charge in [0.25, 0.3) is 0 Å². The topological polar surface area (TPSA) is 46.5 Å². The number of benzene rings is 1. The number of hydrogen-bond acceptors (Lipinski definition) is 2. The van der Waals surface area contributed by atoms with Crippen LogP contribution in [0.5, 0.6) is 5.75 Å². The van der Waals surface area contributed by atoms with Gasteiger partial charge in [0.05, 0.1) is 12.1 Å². The summed E-state index contributed by atoms with van der Waals surface area (Å²) >= 11 is 5.98. The first-order chi connectivity index (χ1) is 7.63. The van der Waals surface area contributed by atoms with Crippen molar-refractivity contribution < 1.29 is 14.6 Å². The van der Waals surface area contributed by atoms with Crippen molar-refractivity contribution >= 4 is 23.6 Å². The molecular formula is C12H11ClO3. The summed E-state index contributed by atoms with van der Waals surface area (Å²) in [6.45, 7) is 0. The van der Waals surface area contributed by atoms with E-state index in [2.05, 4.69) is 0 Å². The Morgan fingerprint density at radius 1 is 1.44 bits per heavy atom. The molecular weight excluding hydrogens is 228 g/mol. The lowest BCUT2D eigenvalue weighted by Gasteiger charge is -2.02. The molecule has 84 valence electrons. The Bertz CT molecular complexity index is 436. The van der Waals surface area contributed by atoms with Gasteiger partial charge in [0.15, 0.2) is 0 Å². The molecule has 0 aliphatic rings. The van der Waals surface area contributed by atoms with E-state index in [0.717, 1.165) is 11.6 Å². The van der Waals surface area contributed by atoms with E-state index >= 15 is 0 Å². The SMILES string of the molecule is COc1ccc(/C=C/C=C/C(=O)O)c(Cl)c1. The van der Waals surface area contributed by atoms with E-state index in [4.69, 9.17) is 21.4 Å². The Kier molecular flexibility index (Phi) is 4.61. The van der Waals surface area contributed by atoms with Gasteiger partial charge in [-0.05, 0) is 23.8 Å². The van der Waals surface area contributed by atoms with Gasteiger partial charge < -0.3 is 9.84 Å². The maximum atomic E-state index is 10.2. The minimum absolute atomic E-state index is 0.555. The number of aliphatic carboxylic acids is 1. The first kappa shape index (κ1) is 12.3. The molecule has 0 heterocycles. The quantitative estimate of drug-likeness (QED) is 0.648. The molecule has 0 unspecified atom stereocenters. The third-order valence-electron chi connectivity index (χ3n) is 1.83. The summed E-state index contributed by atoms with van der Waals surface area (Å²) < 4.78 is 5.01. The second-order valence-corrected chi connectivity index (χ2v) is 3.35. The number of ether oxygens (including phenoxy) is 1. The molecule has 0 amide bonds. The van der Waals surface area contributed by atoms with Gasteiger partial charge in [-0.25, -0.2) is 4.79 Å². The van der Waals surface area contributed by atoms with Crippen LogP contribution in [0.2, 0.25) is 5.02 Å². The molecule has 0 bridgehead atoms. The third kappa shape index (κ3) is 3.79. The molecule has 0 fully saturated rings. The van der Waals surface area contributed by atoms with Crippen LogP contribution >= 0.6 is 11.6 Å². The second-order valence-electron chi connectivity index (χ2n) is 2.94. The molecule has 0 radical (unpaired) electrons. The lowest BCUT2D eigenvalue weighted by Crippen LogP contribution is -1.84. The van der Waals surface area contributed by atoms with Crippen molar-refractivity contribution in [3.8, 4) is 5.75 Å². The van der Waals surface area contributed by atoms with Crippen molar-refractivity contribution in [2.75, 3.05) is 7.11 Å². The van der Waals surface area contributed by atoms with E-state index in [1.807, 2.05) is 0 Å². The highest BCUT2D eigenvalue weighted by Crippen LogP contribution is 2.23. The molecule has 0 saturated heterocycles. The van der Waals surface area contributed by atoms with E-state index in [1.54, 1.807) is 37.5 Å². The smallest absolute Gasteiger partial charge is 0.328 e. The lowest BCUT2D eigenvalue weighted by molar-refractivity contribution is -0.131. The van der Waals surface area contributed by atoms with Crippen molar-refractivity contribution in [3.05, 3.63) is 47.0 Å². The molecule has 0 saturated carbocycles. The average Bonchev–Trinajstić information content (AvgIpc) is 2.25. The van der Waals surface area contributed by atoms with Gasteiger partial charge in [0, 0.05) is 6.08 Å². The van der Waals surface area contributed by atoms with Crippen LogP contribution in [0.1, 0.15) is 5.56 Å². The summed E-state index contributed by atoms with van der Waals surface area (Å²) in [5.74, 6) is -0.297. The summed E-state index contributed by atoms with van der Waals surface area (Å²) in [5, 5.41) is 8.93. The van der Waals surface area contributed by atoms with Crippen LogP contribution in [0.4, 0.5) is 0 Å². The van der Waals surface area contributed by atoms with Crippen LogP contribution in [-0.4, -0.2) is 18.2 Å². The Morgan fingerprint density at radius 2 is 2.19 bits per heavy atom. The molecule has 0 aliphatic heterocycles. The Hall–Kier alpha value is -1.74. The zero-order valence-corrected chi connectivity index (χ0v) is 9.44. The van der Waals surface area contributed by atoms with Crippen LogP contribution in [0, 0.1) is 0 Å². The zero-order valence-electron chi connectivity index (χ0n) is 8.68. The number of carboxylic acids is 1. The van der Waals surface area contributed by atoms with Crippen molar-refractivity contribution in [3.63, 3.8) is 0 Å². The van der Waals surface area contributed by atoms with E-state index in [-0.39, 0.29) is 0 Å². The van der Waals surface area contributed by atoms with Gasteiger partial charge in [0.1, 0.15) is 5.75 Å². The molecule has 1 aromatic carbocycles. The fraction of sp³-hybridized carbons (Fsp3) is 0.0833. The maximum absolute atomic E-state index is 10.2. The van der Waals surface area contributed by atoms with Crippen LogP contribution in [0.15, 0.2) is 36.4 Å². The van der Waals surface area contributed by atoms with Gasteiger partial charge >= 0.3 is 5.97 Å². The van der Waals surface area contributed by atoms with Crippen LogP contribution in [-0.2, 0) is 4.79 Å². The fourth-order valence-electron chi connectivity index (χ4n) is 1.07. The molecule has 1 N–H and O–H groups in total. The van der Waals surface area contributed by atoms with Gasteiger partial charge in [-0.15, -0.1) is 0 Å². The number of rotatable bonds is 4. The van der Waals surface area contributed by atoms with Crippen LogP contribution < -0.4 is 4.74 Å². The first-order valence-corrected chi connectivity index (χ1v) is 4.92. The third-order valence-corrected chi connectivity index (χ3v) is 2.16. The Balaban J connectivity index is 2.78. The number of allylic oxidation sites excluding steroid dienone is 2. The molecule has 4 heteroatoms. The summed E-state index contributed by atoms with van der Waals surface area (Å²) in [7, 11) is 1.57. The van der Waals surface area contributed by atoms with E-state index in [0.29, 0.717) is 10.8 Å². The van der Waals surface area contributed by atoms with Crippen LogP contribution in [0.3, 0.4) is 0 Å². The van der Waals surface area contributed by atoms with Crippen molar-refractivity contribution in [2.24, 2.45) is 0 Å². The maximum Gasteiger partial charge on any atom is 0.328 e. The summed E-state index contributed by atoms with van der Waals surface area (Å²) in [4.78, 5) is 10.2. The average molecular weight is 239 g/mol. The zero-order chi connectivity index (χ0) is 12.0. The van der Waals surface area contributed by atoms with Gasteiger partial charge in [-0.3, -0.25) is 0 Å². The van der Waals surface area contributed by atoms with Gasteiger partial charge in [0.2, 0.25) is 0 Å². The molecule has 0 aliphatic carbocycles. The summed E-state index contributed by atoms with van der Waals surface area (Å²) in [5.41, 5.74) is 0.803. The monoisotopic (exact) mass is 238 g/mol. The molecule has 0 spiro atoms. The minimum Gasteiger partial charge on any atom is -0.497 e. The Labute approximate surface area is 98.6 Å². The standard InChI is InChI=1S/C12H11ClO3/c1-16-10-7-6-9(11(13)8-10)4-2-3-5-12(14)15/h2-8H,1H3,(H,14,15)/b4-2+,5-3+. The second kappa shape index (κ2) is 5.98. The predicted molar refractivity (Wildman–Crippen MR) is 63.8 cm³/mol. The number of halogens is 1. The van der Waals surface area contributed by atoms with Gasteiger partial charge in [-0.1, -0.05) is 29.8 Å². The highest BCUT2D eigenvalue weighted by molar-refractivity contribution is 6.32. The number of hydrogen-bond donors (Lipinski definition) is 1. The molecule has 0 atom stereocenters. The normalized spacial score (nSPS) is 11.1. The van der Waals surface area contributed by atoms with Gasteiger partial charge in [-0.2, -0.15) is 0 Å². The van der Waals surface area contributed by atoms with E-state index in [9.17, 15) is 4.79 Å². The molecule has 1 rings (SSSR count). The Morgan fingerprint density at radius 3 is 2.75 bits per heavy atom. The van der Waals surface area contributed by atoms with Crippen molar-refractivity contribution in [1.82, 2.24) is 0 Å². The highest BCUT2D eigenvalue weighted by Gasteiger charge is 1.98. The summed E-state index contributed by atoms with van der Waals surface area (Å²) in [6.07, 6.45) is 5.82. The molecule has 1 aromatic rings. The van der Waals surface area contributed by atoms with E-state index < -0.39 is 5.97 Å². The summed E-state index contributed by atoms with van der Waals surface area (Å²) in [6, 6.07) is 5.28. The fourth-order valence-corrected chi connectivity index (χ4v) is 1.30. The highest BCUT2D eigenvalue weighted by atomic mass is 35.5. The number of carboxylic acid groups (broad SMARTS) is 1. The molecule has 0 aromatic heterocycles. The van der Waals surface area contributed by atoms with E-state index in [1.165, 1.54) is 6.08 Å². The van der Waals surface area contributed by atoms with Crippen LogP contribution in [0.25, 0.3) is 6.08 Å². The largest absolute Gasteiger partial charge is 0.497 e. The van der Waals surface area contributed by atoms with Crippen molar-refractivity contribution in [2.45, 2.75) is 0 Å². The first-order valence-electron chi connectivity index (χ1n) is 4.54. The minimum atomic E-state index is -0.981.